The number of carbonyl (C=O) groups excluding carboxylic acids is 2. The van der Waals surface area contributed by atoms with Gasteiger partial charge in [0, 0.05) is 38.1 Å². The highest BCUT2D eigenvalue weighted by Crippen LogP contribution is 2.33. The third kappa shape index (κ3) is 3.70. The Balaban J connectivity index is 1.46. The van der Waals surface area contributed by atoms with Gasteiger partial charge in [-0.3, -0.25) is 14.4 Å². The summed E-state index contributed by atoms with van der Waals surface area (Å²) in [7, 11) is 0. The standard InChI is InChI=1S/C22H24N2O5/c25-19-12-16(20(26)23-14-22(21(27)28)8-10-29-11-9-22)13-24(19)18-7-3-5-15-4-1-2-6-17(15)18/h1-7,16H,8-14H2,(H,23,26)(H,27,28). The van der Waals surface area contributed by atoms with Crippen LogP contribution in [-0.2, 0) is 19.1 Å². The average Bonchev–Trinajstić information content (AvgIpc) is 3.13. The van der Waals surface area contributed by atoms with Crippen LogP contribution in [-0.4, -0.2) is 49.2 Å². The summed E-state index contributed by atoms with van der Waals surface area (Å²) < 4.78 is 5.27. The molecule has 152 valence electrons. The summed E-state index contributed by atoms with van der Waals surface area (Å²) in [5.41, 5.74) is -0.193. The van der Waals surface area contributed by atoms with E-state index in [0.717, 1.165) is 16.5 Å². The number of ether oxygens (including phenoxy) is 1. The molecule has 2 aliphatic rings. The van der Waals surface area contributed by atoms with E-state index in [4.69, 9.17) is 4.74 Å². The van der Waals surface area contributed by atoms with Gasteiger partial charge < -0.3 is 20.1 Å². The van der Waals surface area contributed by atoms with Crippen LogP contribution in [0.5, 0.6) is 0 Å². The molecule has 7 heteroatoms. The highest BCUT2D eigenvalue weighted by Gasteiger charge is 2.42. The van der Waals surface area contributed by atoms with E-state index >= 15 is 0 Å². The lowest BCUT2D eigenvalue weighted by atomic mass is 9.80. The Morgan fingerprint density at radius 3 is 2.62 bits per heavy atom. The molecule has 2 N–H and O–H groups in total. The van der Waals surface area contributed by atoms with Crippen LogP contribution in [0.1, 0.15) is 19.3 Å². The van der Waals surface area contributed by atoms with Crippen molar-refractivity contribution in [3.63, 3.8) is 0 Å². The van der Waals surface area contributed by atoms with Gasteiger partial charge in [-0.15, -0.1) is 0 Å². The van der Waals surface area contributed by atoms with Crippen molar-refractivity contribution < 1.29 is 24.2 Å². The molecule has 0 aliphatic carbocycles. The Morgan fingerprint density at radius 1 is 1.14 bits per heavy atom. The summed E-state index contributed by atoms with van der Waals surface area (Å²) in [4.78, 5) is 38.8. The molecule has 2 heterocycles. The van der Waals surface area contributed by atoms with Gasteiger partial charge in [-0.2, -0.15) is 0 Å². The molecule has 0 bridgehead atoms. The van der Waals surface area contributed by atoms with Crippen molar-refractivity contribution in [3.8, 4) is 0 Å². The van der Waals surface area contributed by atoms with E-state index in [9.17, 15) is 19.5 Å². The van der Waals surface area contributed by atoms with Crippen LogP contribution in [0.2, 0.25) is 0 Å². The number of nitrogens with one attached hydrogen (secondary N) is 1. The number of nitrogens with zero attached hydrogens (tertiary/aromatic N) is 1. The summed E-state index contributed by atoms with van der Waals surface area (Å²) in [5, 5.41) is 14.4. The van der Waals surface area contributed by atoms with Gasteiger partial charge in [0.1, 0.15) is 0 Å². The minimum absolute atomic E-state index is 0.0590. The smallest absolute Gasteiger partial charge is 0.311 e. The molecule has 29 heavy (non-hydrogen) atoms. The van der Waals surface area contributed by atoms with Crippen molar-refractivity contribution in [3.05, 3.63) is 42.5 Å². The second-order valence-corrected chi connectivity index (χ2v) is 7.82. The fourth-order valence-corrected chi connectivity index (χ4v) is 4.19. The van der Waals surface area contributed by atoms with Crippen LogP contribution in [0.25, 0.3) is 10.8 Å². The van der Waals surface area contributed by atoms with Crippen LogP contribution < -0.4 is 10.2 Å². The normalized spacial score (nSPS) is 21.3. The number of benzene rings is 2. The lowest BCUT2D eigenvalue weighted by molar-refractivity contribution is -0.154. The Hall–Kier alpha value is -2.93. The number of carboxylic acid groups (broad SMARTS) is 1. The lowest BCUT2D eigenvalue weighted by Gasteiger charge is -2.33. The van der Waals surface area contributed by atoms with E-state index < -0.39 is 17.3 Å². The number of amides is 2. The van der Waals surface area contributed by atoms with Crippen molar-refractivity contribution in [2.24, 2.45) is 11.3 Å². The average molecular weight is 396 g/mol. The first-order valence-corrected chi connectivity index (χ1v) is 9.87. The molecular weight excluding hydrogens is 372 g/mol. The molecule has 0 aromatic heterocycles. The fraction of sp³-hybridized carbons (Fsp3) is 0.409. The lowest BCUT2D eigenvalue weighted by Crippen LogP contribution is -2.48. The molecule has 0 radical (unpaired) electrons. The largest absolute Gasteiger partial charge is 0.481 e. The number of rotatable bonds is 5. The van der Waals surface area contributed by atoms with E-state index in [0.29, 0.717) is 32.6 Å². The fourth-order valence-electron chi connectivity index (χ4n) is 4.19. The first kappa shape index (κ1) is 19.4. The molecule has 7 nitrogen and oxygen atoms in total. The quantitative estimate of drug-likeness (QED) is 0.808. The van der Waals surface area contributed by atoms with Crippen molar-refractivity contribution in [2.45, 2.75) is 19.3 Å². The summed E-state index contributed by atoms with van der Waals surface area (Å²) in [5.74, 6) is -1.78. The number of carbonyl (C=O) groups is 3. The molecule has 2 aromatic carbocycles. The summed E-state index contributed by atoms with van der Waals surface area (Å²) in [6.45, 7) is 1.10. The molecule has 2 fully saturated rings. The Morgan fingerprint density at radius 2 is 1.86 bits per heavy atom. The first-order chi connectivity index (χ1) is 14.0. The Bertz CT molecular complexity index is 946. The van der Waals surface area contributed by atoms with Crippen molar-refractivity contribution >= 4 is 34.2 Å². The minimum atomic E-state index is -0.994. The number of hydrogen-bond donors (Lipinski definition) is 2. The van der Waals surface area contributed by atoms with Crippen LogP contribution >= 0.6 is 0 Å². The van der Waals surface area contributed by atoms with Crippen LogP contribution in [0.4, 0.5) is 5.69 Å². The zero-order valence-electron chi connectivity index (χ0n) is 16.1. The first-order valence-electron chi connectivity index (χ1n) is 9.87. The minimum Gasteiger partial charge on any atom is -0.481 e. The monoisotopic (exact) mass is 396 g/mol. The molecule has 2 saturated heterocycles. The molecule has 4 rings (SSSR count). The Labute approximate surface area is 168 Å². The number of aliphatic carboxylic acids is 1. The van der Waals surface area contributed by atoms with Crippen LogP contribution in [0, 0.1) is 11.3 Å². The number of anilines is 1. The molecule has 0 saturated carbocycles. The highest BCUT2D eigenvalue weighted by atomic mass is 16.5. The number of hydrogen-bond acceptors (Lipinski definition) is 4. The van der Waals surface area contributed by atoms with E-state index in [2.05, 4.69) is 5.32 Å². The Kier molecular flexibility index (Phi) is 5.24. The van der Waals surface area contributed by atoms with Gasteiger partial charge in [-0.25, -0.2) is 0 Å². The van der Waals surface area contributed by atoms with Gasteiger partial charge in [-0.1, -0.05) is 36.4 Å². The highest BCUT2D eigenvalue weighted by molar-refractivity contribution is 6.07. The SMILES string of the molecule is O=C(NCC1(C(=O)O)CCOCC1)C1CC(=O)N(c2cccc3ccccc23)C1. The summed E-state index contributed by atoms with van der Waals surface area (Å²) >= 11 is 0. The maximum atomic E-state index is 12.7. The summed E-state index contributed by atoms with van der Waals surface area (Å²) in [6.07, 6.45) is 0.862. The molecule has 2 aromatic rings. The second kappa shape index (κ2) is 7.83. The van der Waals surface area contributed by atoms with Crippen LogP contribution in [0.15, 0.2) is 42.5 Å². The molecular formula is C22H24N2O5. The van der Waals surface area contributed by atoms with Crippen molar-refractivity contribution in [1.82, 2.24) is 5.32 Å². The predicted octanol–water partition coefficient (Wildman–Crippen LogP) is 2.19. The second-order valence-electron chi connectivity index (χ2n) is 7.82. The molecule has 2 aliphatic heterocycles. The third-order valence-electron chi connectivity index (χ3n) is 6.06. The zero-order chi connectivity index (χ0) is 20.4. The zero-order valence-corrected chi connectivity index (χ0v) is 16.1. The summed E-state index contributed by atoms with van der Waals surface area (Å²) in [6, 6.07) is 13.6. The molecule has 1 unspecified atom stereocenters. The number of fused-ring (bicyclic) bond motifs is 1. The van der Waals surface area contributed by atoms with E-state index in [-0.39, 0.29) is 24.8 Å². The predicted molar refractivity (Wildman–Crippen MR) is 108 cm³/mol. The number of carboxylic acids is 1. The maximum Gasteiger partial charge on any atom is 0.311 e. The van der Waals surface area contributed by atoms with Gasteiger partial charge in [0.05, 0.1) is 17.0 Å². The maximum absolute atomic E-state index is 12.7. The van der Waals surface area contributed by atoms with Gasteiger partial charge in [0.15, 0.2) is 0 Å². The third-order valence-corrected chi connectivity index (χ3v) is 6.06. The van der Waals surface area contributed by atoms with Gasteiger partial charge in [0.25, 0.3) is 0 Å². The van der Waals surface area contributed by atoms with Crippen molar-refractivity contribution in [1.29, 1.82) is 0 Å². The molecule has 2 amide bonds. The van der Waals surface area contributed by atoms with Gasteiger partial charge >= 0.3 is 5.97 Å². The van der Waals surface area contributed by atoms with Gasteiger partial charge in [-0.05, 0) is 24.3 Å². The topological polar surface area (TPSA) is 95.9 Å². The van der Waals surface area contributed by atoms with E-state index in [1.807, 2.05) is 42.5 Å². The van der Waals surface area contributed by atoms with Crippen molar-refractivity contribution in [2.75, 3.05) is 31.2 Å². The van der Waals surface area contributed by atoms with Crippen LogP contribution in [0.3, 0.4) is 0 Å². The van der Waals surface area contributed by atoms with E-state index in [1.54, 1.807) is 4.90 Å². The van der Waals surface area contributed by atoms with Gasteiger partial charge in [0.2, 0.25) is 11.8 Å². The molecule has 1 atom stereocenters. The van der Waals surface area contributed by atoms with E-state index in [1.165, 1.54) is 0 Å². The molecule has 0 spiro atoms.